The Kier molecular flexibility index (Phi) is 2.91. The van der Waals surface area contributed by atoms with Gasteiger partial charge in [-0.3, -0.25) is 0 Å². The lowest BCUT2D eigenvalue weighted by Crippen LogP contribution is -1.92. The Hall–Kier alpha value is -1.50. The molecule has 1 aromatic carbocycles. The Bertz CT molecular complexity index is 413. The highest BCUT2D eigenvalue weighted by atomic mass is 16.5. The van der Waals surface area contributed by atoms with Crippen LogP contribution in [-0.2, 0) is 0 Å². The zero-order chi connectivity index (χ0) is 10.7. The summed E-state index contributed by atoms with van der Waals surface area (Å²) in [5, 5.41) is 0. The lowest BCUT2D eigenvalue weighted by molar-refractivity contribution is 0.414. The van der Waals surface area contributed by atoms with Crippen LogP contribution in [0.4, 0.5) is 0 Å². The van der Waals surface area contributed by atoms with Gasteiger partial charge in [0.1, 0.15) is 5.75 Å². The molecule has 0 amide bonds. The number of benzene rings is 1. The summed E-state index contributed by atoms with van der Waals surface area (Å²) in [4.78, 5) is 0. The minimum absolute atomic E-state index is 0.926. The topological polar surface area (TPSA) is 9.23 Å². The fourth-order valence-electron chi connectivity index (χ4n) is 1.85. The third-order valence-electron chi connectivity index (χ3n) is 2.75. The molecule has 2 rings (SSSR count). The van der Waals surface area contributed by atoms with Crippen LogP contribution in [0.25, 0.3) is 5.57 Å². The number of hydrogen-bond acceptors (Lipinski definition) is 1. The van der Waals surface area contributed by atoms with Crippen LogP contribution >= 0.6 is 0 Å². The van der Waals surface area contributed by atoms with Gasteiger partial charge in [-0.2, -0.15) is 0 Å². The third kappa shape index (κ3) is 2.12. The van der Waals surface area contributed by atoms with E-state index in [2.05, 4.69) is 37.3 Å². The Labute approximate surface area is 91.1 Å². The van der Waals surface area contributed by atoms with Crippen LogP contribution in [0.2, 0.25) is 0 Å². The number of rotatable bonds is 2. The fourth-order valence-corrected chi connectivity index (χ4v) is 1.85. The minimum Gasteiger partial charge on any atom is -0.497 e. The second-order valence-corrected chi connectivity index (χ2v) is 3.82. The summed E-state index contributed by atoms with van der Waals surface area (Å²) in [6.07, 6.45) is 9.02. The maximum atomic E-state index is 5.25. The summed E-state index contributed by atoms with van der Waals surface area (Å²) in [7, 11) is 1.71. The number of aryl methyl sites for hydroxylation is 1. The van der Waals surface area contributed by atoms with Crippen LogP contribution in [0.3, 0.4) is 0 Å². The summed E-state index contributed by atoms with van der Waals surface area (Å²) in [5.41, 5.74) is 3.90. The summed E-state index contributed by atoms with van der Waals surface area (Å²) < 4.78 is 5.25. The van der Waals surface area contributed by atoms with E-state index in [9.17, 15) is 0 Å². The minimum atomic E-state index is 0.926. The number of allylic oxidation sites excluding steroid dienone is 4. The summed E-state index contributed by atoms with van der Waals surface area (Å²) in [6, 6.07) is 6.22. The summed E-state index contributed by atoms with van der Waals surface area (Å²) in [6.45, 7) is 2.14. The van der Waals surface area contributed by atoms with Gasteiger partial charge >= 0.3 is 0 Å². The summed E-state index contributed by atoms with van der Waals surface area (Å²) >= 11 is 0. The van der Waals surface area contributed by atoms with Crippen molar-refractivity contribution in [2.24, 2.45) is 0 Å². The zero-order valence-corrected chi connectivity index (χ0v) is 9.29. The first-order valence-corrected chi connectivity index (χ1v) is 5.33. The van der Waals surface area contributed by atoms with Gasteiger partial charge in [0.2, 0.25) is 0 Å². The normalized spacial score (nSPS) is 14.9. The number of ether oxygens (including phenoxy) is 1. The van der Waals surface area contributed by atoms with Crippen LogP contribution < -0.4 is 4.74 Å². The van der Waals surface area contributed by atoms with E-state index in [1.807, 2.05) is 6.07 Å². The Balaban J connectivity index is 2.42. The lowest BCUT2D eigenvalue weighted by atomic mass is 9.96. The zero-order valence-electron chi connectivity index (χ0n) is 9.29. The first-order chi connectivity index (χ1) is 7.31. The Morgan fingerprint density at radius 2 is 2.07 bits per heavy atom. The quantitative estimate of drug-likeness (QED) is 0.706. The van der Waals surface area contributed by atoms with Gasteiger partial charge in [0.15, 0.2) is 0 Å². The van der Waals surface area contributed by atoms with E-state index in [0.29, 0.717) is 0 Å². The molecular formula is C14H16O. The maximum Gasteiger partial charge on any atom is 0.119 e. The third-order valence-corrected chi connectivity index (χ3v) is 2.75. The van der Waals surface area contributed by atoms with E-state index in [1.165, 1.54) is 16.7 Å². The molecule has 0 spiro atoms. The lowest BCUT2D eigenvalue weighted by Gasteiger charge is -2.11. The number of methoxy groups -OCH3 is 1. The second-order valence-electron chi connectivity index (χ2n) is 3.82. The summed E-state index contributed by atoms with van der Waals surface area (Å²) in [5.74, 6) is 0.926. The van der Waals surface area contributed by atoms with Crippen molar-refractivity contribution in [2.45, 2.75) is 19.8 Å². The molecule has 0 aromatic heterocycles. The van der Waals surface area contributed by atoms with Crippen molar-refractivity contribution in [2.75, 3.05) is 7.11 Å². The fraction of sp³-hybridized carbons (Fsp3) is 0.286. The molecule has 0 atom stereocenters. The smallest absolute Gasteiger partial charge is 0.119 e. The molecule has 0 heterocycles. The average Bonchev–Trinajstić information content (AvgIpc) is 2.31. The van der Waals surface area contributed by atoms with Crippen LogP contribution in [0.1, 0.15) is 24.0 Å². The predicted molar refractivity (Wildman–Crippen MR) is 64.1 cm³/mol. The largest absolute Gasteiger partial charge is 0.497 e. The van der Waals surface area contributed by atoms with E-state index in [-0.39, 0.29) is 0 Å². The number of hydrogen-bond donors (Lipinski definition) is 0. The molecule has 0 aliphatic heterocycles. The van der Waals surface area contributed by atoms with Gasteiger partial charge in [-0.05, 0) is 48.6 Å². The molecule has 1 aliphatic carbocycles. The van der Waals surface area contributed by atoms with Gasteiger partial charge in [0.25, 0.3) is 0 Å². The van der Waals surface area contributed by atoms with Crippen LogP contribution in [-0.4, -0.2) is 7.11 Å². The van der Waals surface area contributed by atoms with E-state index < -0.39 is 0 Å². The standard InChI is InChI=1S/C14H16O/c1-11-8-9-13(15-2)10-14(11)12-6-4-3-5-7-12/h4,6-10H,3,5H2,1-2H3. The van der Waals surface area contributed by atoms with E-state index in [1.54, 1.807) is 7.11 Å². The molecular weight excluding hydrogens is 184 g/mol. The van der Waals surface area contributed by atoms with Gasteiger partial charge in [0, 0.05) is 0 Å². The highest BCUT2D eigenvalue weighted by molar-refractivity contribution is 5.77. The van der Waals surface area contributed by atoms with Gasteiger partial charge in [0.05, 0.1) is 7.11 Å². The molecule has 0 saturated heterocycles. The highest BCUT2D eigenvalue weighted by Gasteiger charge is 2.05. The Morgan fingerprint density at radius 3 is 2.73 bits per heavy atom. The Morgan fingerprint density at radius 1 is 1.20 bits per heavy atom. The first-order valence-electron chi connectivity index (χ1n) is 5.33. The molecule has 0 fully saturated rings. The van der Waals surface area contributed by atoms with Crippen molar-refractivity contribution < 1.29 is 4.74 Å². The average molecular weight is 200 g/mol. The molecule has 78 valence electrons. The molecule has 15 heavy (non-hydrogen) atoms. The molecule has 1 aliphatic rings. The van der Waals surface area contributed by atoms with Gasteiger partial charge in [-0.15, -0.1) is 0 Å². The van der Waals surface area contributed by atoms with E-state index in [0.717, 1.165) is 18.6 Å². The van der Waals surface area contributed by atoms with Gasteiger partial charge < -0.3 is 4.74 Å². The molecule has 1 aromatic rings. The second kappa shape index (κ2) is 4.35. The van der Waals surface area contributed by atoms with E-state index >= 15 is 0 Å². The van der Waals surface area contributed by atoms with Crippen molar-refractivity contribution in [1.29, 1.82) is 0 Å². The van der Waals surface area contributed by atoms with Crippen molar-refractivity contribution in [3.8, 4) is 5.75 Å². The molecule has 1 nitrogen and oxygen atoms in total. The van der Waals surface area contributed by atoms with Crippen molar-refractivity contribution in [3.05, 3.63) is 47.6 Å². The molecule has 0 saturated carbocycles. The van der Waals surface area contributed by atoms with Crippen molar-refractivity contribution >= 4 is 5.57 Å². The van der Waals surface area contributed by atoms with Crippen molar-refractivity contribution in [1.82, 2.24) is 0 Å². The van der Waals surface area contributed by atoms with Gasteiger partial charge in [-0.25, -0.2) is 0 Å². The molecule has 0 unspecified atom stereocenters. The predicted octanol–water partition coefficient (Wildman–Crippen LogP) is 3.74. The molecule has 1 heteroatoms. The SMILES string of the molecule is COc1ccc(C)c(C2=CCCC=C2)c1. The van der Waals surface area contributed by atoms with E-state index in [4.69, 9.17) is 4.74 Å². The van der Waals surface area contributed by atoms with Crippen LogP contribution in [0, 0.1) is 6.92 Å². The first kappa shape index (κ1) is 10.0. The van der Waals surface area contributed by atoms with Crippen LogP contribution in [0.5, 0.6) is 5.75 Å². The maximum absolute atomic E-state index is 5.25. The van der Waals surface area contributed by atoms with Crippen molar-refractivity contribution in [3.63, 3.8) is 0 Å². The monoisotopic (exact) mass is 200 g/mol. The molecule has 0 bridgehead atoms. The molecule has 0 radical (unpaired) electrons. The molecule has 0 N–H and O–H groups in total. The van der Waals surface area contributed by atoms with Crippen LogP contribution in [0.15, 0.2) is 36.4 Å². The van der Waals surface area contributed by atoms with Gasteiger partial charge in [-0.1, -0.05) is 24.3 Å². The highest BCUT2D eigenvalue weighted by Crippen LogP contribution is 2.27.